The molecule has 7 nitrogen and oxygen atoms in total. The average Bonchev–Trinajstić information content (AvgIpc) is 2.88. The van der Waals surface area contributed by atoms with Crippen LogP contribution >= 0.6 is 0 Å². The third kappa shape index (κ3) is 6.32. The number of aryl methyl sites for hydroxylation is 1. The van der Waals surface area contributed by atoms with Crippen molar-refractivity contribution < 1.29 is 28.2 Å². The zero-order valence-corrected chi connectivity index (χ0v) is 22.2. The van der Waals surface area contributed by atoms with Crippen LogP contribution in [0.5, 0.6) is 11.5 Å². The fourth-order valence-corrected chi connectivity index (χ4v) is 5.27. The summed E-state index contributed by atoms with van der Waals surface area (Å²) < 4.78 is 37.7. The quantitative estimate of drug-likeness (QED) is 0.369. The maximum atomic E-state index is 13.4. The number of carboxylic acids is 1. The van der Waals surface area contributed by atoms with Crippen LogP contribution in [0.15, 0.2) is 42.6 Å². The van der Waals surface area contributed by atoms with Crippen LogP contribution in [0, 0.1) is 17.0 Å². The number of carbonyl (C=O) groups is 1. The molecule has 1 aromatic heterocycles. The van der Waals surface area contributed by atoms with Gasteiger partial charge in [0.15, 0.2) is 0 Å². The van der Waals surface area contributed by atoms with Gasteiger partial charge in [0, 0.05) is 44.2 Å². The van der Waals surface area contributed by atoms with Gasteiger partial charge >= 0.3 is 5.97 Å². The first-order valence-electron chi connectivity index (χ1n) is 12.9. The molecule has 0 bridgehead atoms. The molecule has 2 heterocycles. The minimum atomic E-state index is -0.776. The SMILES string of the molecule is COc1ccc2ncc(N(C)C)c(CCCC3(C(=O)O)CCN(CCOc4cc(F)cc(F)c4)CC3)c2c1. The lowest BCUT2D eigenvalue weighted by atomic mass is 9.74. The van der Waals surface area contributed by atoms with Gasteiger partial charge in [-0.1, -0.05) is 0 Å². The van der Waals surface area contributed by atoms with Crippen LogP contribution in [-0.2, 0) is 11.2 Å². The standard InChI is InChI=1S/C29H35F2N3O4/c1-33(2)27-19-32-26-7-6-22(37-3)18-25(26)24(27)5-4-8-29(28(35)36)9-11-34(12-10-29)13-14-38-23-16-20(30)15-21(31)17-23/h6-7,15-19H,4-5,8-14H2,1-3H3,(H,35,36). The van der Waals surface area contributed by atoms with E-state index in [0.717, 1.165) is 58.9 Å². The summed E-state index contributed by atoms with van der Waals surface area (Å²) >= 11 is 0. The summed E-state index contributed by atoms with van der Waals surface area (Å²) in [6.45, 7) is 2.09. The minimum absolute atomic E-state index is 0.151. The van der Waals surface area contributed by atoms with E-state index in [1.54, 1.807) is 7.11 Å². The second-order valence-electron chi connectivity index (χ2n) is 10.1. The van der Waals surface area contributed by atoms with Crippen LogP contribution < -0.4 is 14.4 Å². The van der Waals surface area contributed by atoms with E-state index in [9.17, 15) is 18.7 Å². The Hall–Kier alpha value is -3.46. The normalized spacial score (nSPS) is 15.4. The van der Waals surface area contributed by atoms with Gasteiger partial charge < -0.3 is 19.5 Å². The van der Waals surface area contributed by atoms with E-state index in [0.29, 0.717) is 38.9 Å². The Morgan fingerprint density at radius 1 is 1.11 bits per heavy atom. The molecule has 3 aromatic rings. The van der Waals surface area contributed by atoms with Crippen LogP contribution in [0.2, 0.25) is 0 Å². The van der Waals surface area contributed by atoms with Crippen molar-refractivity contribution in [2.45, 2.75) is 32.1 Å². The van der Waals surface area contributed by atoms with Gasteiger partial charge in [0.1, 0.15) is 29.7 Å². The highest BCUT2D eigenvalue weighted by Gasteiger charge is 2.40. The third-order valence-electron chi connectivity index (χ3n) is 7.51. The number of hydrogen-bond donors (Lipinski definition) is 1. The summed E-state index contributed by atoms with van der Waals surface area (Å²) in [7, 11) is 5.60. The molecule has 1 saturated heterocycles. The lowest BCUT2D eigenvalue weighted by Gasteiger charge is -2.39. The molecule has 9 heteroatoms. The van der Waals surface area contributed by atoms with Crippen molar-refractivity contribution in [3.8, 4) is 11.5 Å². The Kier molecular flexibility index (Phi) is 8.66. The fraction of sp³-hybridized carbons (Fsp3) is 0.448. The zero-order valence-electron chi connectivity index (χ0n) is 22.2. The van der Waals surface area contributed by atoms with Gasteiger partial charge in [-0.15, -0.1) is 0 Å². The van der Waals surface area contributed by atoms with E-state index in [-0.39, 0.29) is 12.4 Å². The number of anilines is 1. The molecule has 0 amide bonds. The highest BCUT2D eigenvalue weighted by atomic mass is 19.1. The first-order chi connectivity index (χ1) is 18.2. The molecular formula is C29H35F2N3O4. The molecule has 4 rings (SSSR count). The van der Waals surface area contributed by atoms with E-state index in [4.69, 9.17) is 9.47 Å². The van der Waals surface area contributed by atoms with Crippen molar-refractivity contribution >= 4 is 22.6 Å². The van der Waals surface area contributed by atoms with Crippen LogP contribution in [0.25, 0.3) is 10.9 Å². The molecule has 1 aliphatic heterocycles. The maximum absolute atomic E-state index is 13.4. The van der Waals surface area contributed by atoms with Crippen LogP contribution in [-0.4, -0.2) is 68.4 Å². The second kappa shape index (κ2) is 11.9. The number of likely N-dealkylation sites (tertiary alicyclic amines) is 1. The molecular weight excluding hydrogens is 492 g/mol. The number of pyridine rings is 1. The Morgan fingerprint density at radius 3 is 2.45 bits per heavy atom. The van der Waals surface area contributed by atoms with Crippen molar-refractivity contribution in [1.29, 1.82) is 0 Å². The predicted molar refractivity (Wildman–Crippen MR) is 143 cm³/mol. The predicted octanol–water partition coefficient (Wildman–Crippen LogP) is 5.16. The minimum Gasteiger partial charge on any atom is -0.497 e. The summed E-state index contributed by atoms with van der Waals surface area (Å²) in [6, 6.07) is 8.94. The molecule has 204 valence electrons. The number of ether oxygens (including phenoxy) is 2. The van der Waals surface area contributed by atoms with E-state index in [2.05, 4.69) is 9.88 Å². The number of hydrogen-bond acceptors (Lipinski definition) is 6. The average molecular weight is 528 g/mol. The lowest BCUT2D eigenvalue weighted by Crippen LogP contribution is -2.45. The Balaban J connectivity index is 1.37. The van der Waals surface area contributed by atoms with Crippen LogP contribution in [0.3, 0.4) is 0 Å². The van der Waals surface area contributed by atoms with Crippen molar-refractivity contribution in [3.05, 3.63) is 59.8 Å². The number of rotatable bonds is 11. The van der Waals surface area contributed by atoms with Crippen LogP contribution in [0.1, 0.15) is 31.2 Å². The molecule has 0 saturated carbocycles. The number of aliphatic carboxylic acids is 1. The van der Waals surface area contributed by atoms with Crippen molar-refractivity contribution in [2.75, 3.05) is 52.3 Å². The summed E-state index contributed by atoms with van der Waals surface area (Å²) in [5.74, 6) is -1.20. The van der Waals surface area contributed by atoms with E-state index in [1.807, 2.05) is 43.4 Å². The fourth-order valence-electron chi connectivity index (χ4n) is 5.27. The Bertz CT molecular complexity index is 1260. The topological polar surface area (TPSA) is 75.1 Å². The van der Waals surface area contributed by atoms with Crippen molar-refractivity contribution in [2.24, 2.45) is 5.41 Å². The van der Waals surface area contributed by atoms with Gasteiger partial charge in [0.05, 0.1) is 29.9 Å². The molecule has 0 unspecified atom stereocenters. The maximum Gasteiger partial charge on any atom is 0.309 e. The molecule has 2 aromatic carbocycles. The van der Waals surface area contributed by atoms with Gasteiger partial charge in [-0.05, 0) is 69.0 Å². The number of methoxy groups -OCH3 is 1. The number of benzene rings is 2. The molecule has 0 spiro atoms. The van der Waals surface area contributed by atoms with Crippen molar-refractivity contribution in [3.63, 3.8) is 0 Å². The largest absolute Gasteiger partial charge is 0.497 e. The van der Waals surface area contributed by atoms with E-state index < -0.39 is 23.0 Å². The third-order valence-corrected chi connectivity index (χ3v) is 7.51. The number of piperidine rings is 1. The summed E-state index contributed by atoms with van der Waals surface area (Å²) in [4.78, 5) is 21.2. The van der Waals surface area contributed by atoms with Crippen LogP contribution in [0.4, 0.5) is 14.5 Å². The van der Waals surface area contributed by atoms with E-state index in [1.165, 1.54) is 0 Å². The molecule has 1 N–H and O–H groups in total. The summed E-state index contributed by atoms with van der Waals surface area (Å²) in [5, 5.41) is 11.2. The first-order valence-corrected chi connectivity index (χ1v) is 12.9. The molecule has 0 aliphatic carbocycles. The Morgan fingerprint density at radius 2 is 1.82 bits per heavy atom. The molecule has 0 radical (unpaired) electrons. The Labute approximate surface area is 222 Å². The number of halogens is 2. The molecule has 1 aliphatic rings. The lowest BCUT2D eigenvalue weighted by molar-refractivity contribution is -0.152. The number of nitrogens with zero attached hydrogens (tertiary/aromatic N) is 3. The van der Waals surface area contributed by atoms with E-state index >= 15 is 0 Å². The molecule has 0 atom stereocenters. The second-order valence-corrected chi connectivity index (χ2v) is 10.1. The van der Waals surface area contributed by atoms with Gasteiger partial charge in [-0.25, -0.2) is 8.78 Å². The highest BCUT2D eigenvalue weighted by Crippen LogP contribution is 2.38. The monoisotopic (exact) mass is 527 g/mol. The van der Waals surface area contributed by atoms with Gasteiger partial charge in [0.25, 0.3) is 0 Å². The highest BCUT2D eigenvalue weighted by molar-refractivity contribution is 5.88. The zero-order chi connectivity index (χ0) is 27.3. The molecule has 38 heavy (non-hydrogen) atoms. The smallest absolute Gasteiger partial charge is 0.309 e. The molecule has 1 fully saturated rings. The van der Waals surface area contributed by atoms with Gasteiger partial charge in [0.2, 0.25) is 0 Å². The van der Waals surface area contributed by atoms with Gasteiger partial charge in [-0.3, -0.25) is 14.7 Å². The summed E-state index contributed by atoms with van der Waals surface area (Å²) in [6.07, 6.45) is 5.00. The van der Waals surface area contributed by atoms with Gasteiger partial charge in [-0.2, -0.15) is 0 Å². The number of aromatic nitrogens is 1. The first kappa shape index (κ1) is 27.6. The van der Waals surface area contributed by atoms with Crippen molar-refractivity contribution in [1.82, 2.24) is 9.88 Å². The number of fused-ring (bicyclic) bond motifs is 1. The summed E-state index contributed by atoms with van der Waals surface area (Å²) in [5.41, 5.74) is 2.27. The number of carboxylic acid groups (broad SMARTS) is 1.